The predicted molar refractivity (Wildman–Crippen MR) is 80.9 cm³/mol. The molecule has 3 rings (SSSR count). The number of nitrogens with zero attached hydrogens (tertiary/aromatic N) is 4. The summed E-state index contributed by atoms with van der Waals surface area (Å²) < 4.78 is 1.85. The fraction of sp³-hybridized carbons (Fsp3) is 0. The number of nitrogens with two attached hydrogens (primary N) is 1. The Bertz CT molecular complexity index is 847. The first-order valence-electron chi connectivity index (χ1n) is 6.13. The van der Waals surface area contributed by atoms with Gasteiger partial charge in [0, 0.05) is 29.3 Å². The van der Waals surface area contributed by atoms with Gasteiger partial charge in [-0.2, -0.15) is 5.26 Å². The van der Waals surface area contributed by atoms with Crippen LogP contribution in [0.2, 0.25) is 5.02 Å². The van der Waals surface area contributed by atoms with Crippen LogP contribution in [0, 0.1) is 11.3 Å². The van der Waals surface area contributed by atoms with E-state index in [-0.39, 0.29) is 0 Å². The zero-order valence-electron chi connectivity index (χ0n) is 10.9. The lowest BCUT2D eigenvalue weighted by Gasteiger charge is -2.10. The van der Waals surface area contributed by atoms with Crippen molar-refractivity contribution in [3.05, 3.63) is 59.8 Å². The average Bonchev–Trinajstić information content (AvgIpc) is 2.97. The molecule has 0 spiro atoms. The Hall–Kier alpha value is -2.84. The highest BCUT2D eigenvalue weighted by Gasteiger charge is 2.11. The highest BCUT2D eigenvalue weighted by Crippen LogP contribution is 2.28. The van der Waals surface area contributed by atoms with Gasteiger partial charge in [-0.05, 0) is 24.3 Å². The van der Waals surface area contributed by atoms with Gasteiger partial charge in [0.05, 0.1) is 28.8 Å². The molecule has 2 heterocycles. The topological polar surface area (TPSA) is 80.5 Å². The number of hydrogen-bond acceptors (Lipinski definition) is 4. The molecule has 1 aromatic carbocycles. The molecule has 0 saturated carbocycles. The summed E-state index contributed by atoms with van der Waals surface area (Å²) in [5.41, 5.74) is 9.43. The van der Waals surface area contributed by atoms with Gasteiger partial charge >= 0.3 is 0 Å². The highest BCUT2D eigenvalue weighted by atomic mass is 35.5. The van der Waals surface area contributed by atoms with Gasteiger partial charge in [0.15, 0.2) is 0 Å². The molecule has 0 fully saturated rings. The van der Waals surface area contributed by atoms with Crippen molar-refractivity contribution in [3.8, 4) is 23.0 Å². The summed E-state index contributed by atoms with van der Waals surface area (Å²) in [5, 5.41) is 9.33. The monoisotopic (exact) mass is 295 g/mol. The maximum absolute atomic E-state index is 8.93. The second kappa shape index (κ2) is 5.27. The van der Waals surface area contributed by atoms with Crippen molar-refractivity contribution in [2.24, 2.45) is 0 Å². The Kier molecular flexibility index (Phi) is 3.30. The average molecular weight is 296 g/mol. The Labute approximate surface area is 126 Å². The quantitative estimate of drug-likeness (QED) is 0.788. The summed E-state index contributed by atoms with van der Waals surface area (Å²) in [6, 6.07) is 8.97. The second-order valence-corrected chi connectivity index (χ2v) is 4.79. The number of rotatable bonds is 2. The molecule has 0 saturated heterocycles. The van der Waals surface area contributed by atoms with Crippen molar-refractivity contribution in [1.29, 1.82) is 5.26 Å². The van der Waals surface area contributed by atoms with Gasteiger partial charge in [-0.1, -0.05) is 11.6 Å². The highest BCUT2D eigenvalue weighted by molar-refractivity contribution is 6.31. The molecule has 5 nitrogen and oxygen atoms in total. The number of imidazole rings is 1. The lowest BCUT2D eigenvalue weighted by Crippen LogP contribution is -1.98. The van der Waals surface area contributed by atoms with Gasteiger partial charge in [0.25, 0.3) is 0 Å². The Morgan fingerprint density at radius 3 is 2.76 bits per heavy atom. The molecule has 3 aromatic rings. The fourth-order valence-electron chi connectivity index (χ4n) is 2.06. The lowest BCUT2D eigenvalue weighted by molar-refractivity contribution is 1.06. The van der Waals surface area contributed by atoms with Crippen molar-refractivity contribution >= 4 is 17.3 Å². The van der Waals surface area contributed by atoms with Crippen LogP contribution in [-0.2, 0) is 0 Å². The van der Waals surface area contributed by atoms with Crippen molar-refractivity contribution in [2.45, 2.75) is 0 Å². The van der Waals surface area contributed by atoms with E-state index in [2.05, 4.69) is 9.97 Å². The largest absolute Gasteiger partial charge is 0.398 e. The summed E-state index contributed by atoms with van der Waals surface area (Å²) in [6.07, 6.45) is 6.70. The van der Waals surface area contributed by atoms with Crippen LogP contribution in [0.25, 0.3) is 16.9 Å². The molecule has 2 N–H and O–H groups in total. The van der Waals surface area contributed by atoms with Gasteiger partial charge in [-0.3, -0.25) is 9.55 Å². The SMILES string of the molecule is N#Cc1ccc(-n2cncc2-c2cnccc2N)cc1Cl. The smallest absolute Gasteiger partial charge is 0.101 e. The van der Waals surface area contributed by atoms with Crippen molar-refractivity contribution in [1.82, 2.24) is 14.5 Å². The molecule has 0 unspecified atom stereocenters. The summed E-state index contributed by atoms with van der Waals surface area (Å²) in [4.78, 5) is 8.25. The minimum absolute atomic E-state index is 0.397. The third-order valence-electron chi connectivity index (χ3n) is 3.12. The van der Waals surface area contributed by atoms with E-state index in [4.69, 9.17) is 22.6 Å². The Balaban J connectivity index is 2.14. The van der Waals surface area contributed by atoms with Gasteiger partial charge in [0.1, 0.15) is 6.07 Å². The third kappa shape index (κ3) is 2.33. The lowest BCUT2D eigenvalue weighted by atomic mass is 10.1. The van der Waals surface area contributed by atoms with Gasteiger partial charge in [0.2, 0.25) is 0 Å². The first kappa shape index (κ1) is 13.2. The normalized spacial score (nSPS) is 10.3. The summed E-state index contributed by atoms with van der Waals surface area (Å²) in [6.45, 7) is 0. The van der Waals surface area contributed by atoms with Gasteiger partial charge in [-0.15, -0.1) is 0 Å². The molecule has 0 radical (unpaired) electrons. The van der Waals surface area contributed by atoms with E-state index in [0.29, 0.717) is 16.3 Å². The van der Waals surface area contributed by atoms with E-state index in [1.54, 1.807) is 43.1 Å². The molecule has 102 valence electrons. The molecular formula is C15H10ClN5. The molecule has 0 aliphatic carbocycles. The maximum atomic E-state index is 8.93. The van der Waals surface area contributed by atoms with E-state index in [1.165, 1.54) is 0 Å². The van der Waals surface area contributed by atoms with E-state index < -0.39 is 0 Å². The van der Waals surface area contributed by atoms with E-state index in [9.17, 15) is 0 Å². The molecule has 2 aromatic heterocycles. The molecule has 0 aliphatic heterocycles. The fourth-order valence-corrected chi connectivity index (χ4v) is 2.28. The third-order valence-corrected chi connectivity index (χ3v) is 3.43. The maximum Gasteiger partial charge on any atom is 0.101 e. The van der Waals surface area contributed by atoms with Crippen LogP contribution in [0.3, 0.4) is 0 Å². The predicted octanol–water partition coefficient (Wildman–Crippen LogP) is 3.04. The van der Waals surface area contributed by atoms with E-state index in [1.807, 2.05) is 16.7 Å². The zero-order chi connectivity index (χ0) is 14.8. The molecule has 0 bridgehead atoms. The Morgan fingerprint density at radius 2 is 2.05 bits per heavy atom. The number of nitrogen functional groups attached to an aromatic ring is 1. The number of hydrogen-bond donors (Lipinski definition) is 1. The number of pyridine rings is 1. The van der Waals surface area contributed by atoms with Crippen LogP contribution in [0.1, 0.15) is 5.56 Å². The van der Waals surface area contributed by atoms with Gasteiger partial charge < -0.3 is 5.73 Å². The van der Waals surface area contributed by atoms with Crippen LogP contribution in [-0.4, -0.2) is 14.5 Å². The minimum atomic E-state index is 0.397. The molecule has 6 heteroatoms. The van der Waals surface area contributed by atoms with Crippen LogP contribution in [0.5, 0.6) is 0 Å². The first-order valence-corrected chi connectivity index (χ1v) is 6.50. The number of aromatic nitrogens is 3. The van der Waals surface area contributed by atoms with Crippen molar-refractivity contribution in [3.63, 3.8) is 0 Å². The summed E-state index contributed by atoms with van der Waals surface area (Å²) >= 11 is 6.08. The standard InChI is InChI=1S/C15H10ClN5/c16-13-5-11(2-1-10(13)6-17)21-9-20-8-15(21)12-7-19-4-3-14(12)18/h1-5,7-9H,(H2,18,19). The van der Waals surface area contributed by atoms with E-state index in [0.717, 1.165) is 16.9 Å². The molecule has 0 amide bonds. The van der Waals surface area contributed by atoms with Crippen molar-refractivity contribution < 1.29 is 0 Å². The van der Waals surface area contributed by atoms with E-state index >= 15 is 0 Å². The van der Waals surface area contributed by atoms with Crippen LogP contribution in [0.15, 0.2) is 49.2 Å². The Morgan fingerprint density at radius 1 is 1.19 bits per heavy atom. The van der Waals surface area contributed by atoms with Crippen LogP contribution in [0.4, 0.5) is 5.69 Å². The minimum Gasteiger partial charge on any atom is -0.398 e. The molecule has 0 atom stereocenters. The number of anilines is 1. The van der Waals surface area contributed by atoms with Gasteiger partial charge in [-0.25, -0.2) is 4.98 Å². The summed E-state index contributed by atoms with van der Waals surface area (Å²) in [7, 11) is 0. The second-order valence-electron chi connectivity index (χ2n) is 4.39. The van der Waals surface area contributed by atoms with Crippen LogP contribution < -0.4 is 5.73 Å². The molecule has 0 aliphatic rings. The number of benzene rings is 1. The number of nitriles is 1. The first-order chi connectivity index (χ1) is 10.2. The summed E-state index contributed by atoms with van der Waals surface area (Å²) in [5.74, 6) is 0. The number of halogens is 1. The van der Waals surface area contributed by atoms with Crippen molar-refractivity contribution in [2.75, 3.05) is 5.73 Å². The molecule has 21 heavy (non-hydrogen) atoms. The van der Waals surface area contributed by atoms with Crippen LogP contribution >= 0.6 is 11.6 Å². The zero-order valence-corrected chi connectivity index (χ0v) is 11.6. The molecular weight excluding hydrogens is 286 g/mol.